The van der Waals surface area contributed by atoms with Gasteiger partial charge in [-0.1, -0.05) is 83.7 Å². The van der Waals surface area contributed by atoms with Gasteiger partial charge in [-0.05, 0) is 18.9 Å². The van der Waals surface area contributed by atoms with Gasteiger partial charge in [0.25, 0.3) is 0 Å². The average Bonchev–Trinajstić information content (AvgIpc) is 2.24. The van der Waals surface area contributed by atoms with Gasteiger partial charge < -0.3 is 0 Å². The second-order valence-electron chi connectivity index (χ2n) is 6.50. The van der Waals surface area contributed by atoms with Gasteiger partial charge in [-0.3, -0.25) is 0 Å². The van der Waals surface area contributed by atoms with Crippen molar-refractivity contribution >= 4 is 8.07 Å². The van der Waals surface area contributed by atoms with Crippen LogP contribution in [0.5, 0.6) is 0 Å². The molecule has 0 aromatic rings. The molecule has 0 fully saturated rings. The van der Waals surface area contributed by atoms with E-state index in [0.717, 1.165) is 0 Å². The van der Waals surface area contributed by atoms with Crippen LogP contribution in [-0.4, -0.2) is 8.07 Å². The molecule has 0 bridgehead atoms. The molecule has 0 amide bonds. The highest BCUT2D eigenvalue weighted by Crippen LogP contribution is 2.11. The van der Waals surface area contributed by atoms with Gasteiger partial charge in [0, 0.05) is 8.07 Å². The summed E-state index contributed by atoms with van der Waals surface area (Å²) in [7, 11) is -0.838. The summed E-state index contributed by atoms with van der Waals surface area (Å²) in [5.74, 6) is 0. The lowest BCUT2D eigenvalue weighted by molar-refractivity contribution is 0.577. The van der Waals surface area contributed by atoms with E-state index in [1.54, 1.807) is 0 Å². The maximum atomic E-state index is 2.44. The zero-order chi connectivity index (χ0) is 13.0. The van der Waals surface area contributed by atoms with Crippen molar-refractivity contribution in [1.29, 1.82) is 0 Å². The fraction of sp³-hybridized carbons (Fsp3) is 0.875. The molecule has 0 aliphatic rings. The monoisotopic (exact) mass is 254 g/mol. The Morgan fingerprint density at radius 2 is 1.24 bits per heavy atom. The van der Waals surface area contributed by atoms with Gasteiger partial charge in [-0.2, -0.15) is 0 Å². The SMILES string of the molecule is CCCCCCCCCC/C=C\C[Si](C)(C)C. The van der Waals surface area contributed by atoms with Gasteiger partial charge in [-0.25, -0.2) is 0 Å². The molecule has 0 saturated heterocycles. The van der Waals surface area contributed by atoms with E-state index in [0.29, 0.717) is 0 Å². The summed E-state index contributed by atoms with van der Waals surface area (Å²) < 4.78 is 0. The highest BCUT2D eigenvalue weighted by molar-refractivity contribution is 6.76. The van der Waals surface area contributed by atoms with Crippen molar-refractivity contribution in [3.05, 3.63) is 12.2 Å². The Morgan fingerprint density at radius 3 is 1.76 bits per heavy atom. The molecule has 0 unspecified atom stereocenters. The van der Waals surface area contributed by atoms with Crippen LogP contribution in [0, 0.1) is 0 Å². The third-order valence-electron chi connectivity index (χ3n) is 3.12. The number of hydrogen-bond donors (Lipinski definition) is 0. The number of hydrogen-bond acceptors (Lipinski definition) is 0. The third kappa shape index (κ3) is 16.0. The zero-order valence-electron chi connectivity index (χ0n) is 12.7. The molecule has 0 N–H and O–H groups in total. The van der Waals surface area contributed by atoms with E-state index in [-0.39, 0.29) is 0 Å². The second-order valence-corrected chi connectivity index (χ2v) is 12.0. The van der Waals surface area contributed by atoms with Gasteiger partial charge in [0.15, 0.2) is 0 Å². The topological polar surface area (TPSA) is 0 Å². The van der Waals surface area contributed by atoms with Crippen LogP contribution >= 0.6 is 0 Å². The van der Waals surface area contributed by atoms with Crippen LogP contribution in [0.4, 0.5) is 0 Å². The Morgan fingerprint density at radius 1 is 0.706 bits per heavy atom. The molecule has 17 heavy (non-hydrogen) atoms. The van der Waals surface area contributed by atoms with Crippen molar-refractivity contribution in [3.8, 4) is 0 Å². The molecule has 0 aromatic heterocycles. The maximum Gasteiger partial charge on any atom is 0.0480 e. The van der Waals surface area contributed by atoms with Crippen molar-refractivity contribution < 1.29 is 0 Å². The molecule has 0 aliphatic heterocycles. The van der Waals surface area contributed by atoms with Gasteiger partial charge in [-0.15, -0.1) is 0 Å². The van der Waals surface area contributed by atoms with Crippen LogP contribution in [0.3, 0.4) is 0 Å². The summed E-state index contributed by atoms with van der Waals surface area (Å²) in [6.07, 6.45) is 17.6. The number of unbranched alkanes of at least 4 members (excludes halogenated alkanes) is 8. The quantitative estimate of drug-likeness (QED) is 0.227. The summed E-state index contributed by atoms with van der Waals surface area (Å²) >= 11 is 0. The van der Waals surface area contributed by atoms with Crippen LogP contribution < -0.4 is 0 Å². The Kier molecular flexibility index (Phi) is 11.0. The molecule has 0 nitrogen and oxygen atoms in total. The van der Waals surface area contributed by atoms with E-state index in [1.165, 1.54) is 63.8 Å². The van der Waals surface area contributed by atoms with E-state index in [4.69, 9.17) is 0 Å². The van der Waals surface area contributed by atoms with Gasteiger partial charge in [0.1, 0.15) is 0 Å². The lowest BCUT2D eigenvalue weighted by Gasteiger charge is -2.11. The first kappa shape index (κ1) is 17.0. The largest absolute Gasteiger partial charge is 0.0912 e. The van der Waals surface area contributed by atoms with Gasteiger partial charge in [0.2, 0.25) is 0 Å². The first-order chi connectivity index (χ1) is 8.06. The molecular weight excluding hydrogens is 220 g/mol. The summed E-state index contributed by atoms with van der Waals surface area (Å²) in [5, 5.41) is 0. The van der Waals surface area contributed by atoms with Crippen molar-refractivity contribution in [2.75, 3.05) is 0 Å². The minimum absolute atomic E-state index is 0.838. The van der Waals surface area contributed by atoms with Crippen LogP contribution in [0.2, 0.25) is 25.7 Å². The molecular formula is C16H34Si. The van der Waals surface area contributed by atoms with Gasteiger partial charge >= 0.3 is 0 Å². The van der Waals surface area contributed by atoms with Crippen LogP contribution in [0.25, 0.3) is 0 Å². The minimum atomic E-state index is -0.838. The normalized spacial score (nSPS) is 12.5. The Bertz CT molecular complexity index is 176. The molecule has 0 radical (unpaired) electrons. The standard InChI is InChI=1S/C16H34Si/c1-5-6-7-8-9-10-11-12-13-14-15-16-17(2,3)4/h14-15H,5-13,16H2,1-4H3/b15-14-. The Labute approximate surface area is 111 Å². The van der Waals surface area contributed by atoms with Crippen molar-refractivity contribution in [2.45, 2.75) is 90.4 Å². The molecule has 0 spiro atoms. The molecule has 0 aliphatic carbocycles. The summed E-state index contributed by atoms with van der Waals surface area (Å²) in [6, 6.07) is 1.35. The fourth-order valence-corrected chi connectivity index (χ4v) is 2.82. The Hall–Kier alpha value is -0.0431. The first-order valence-corrected chi connectivity index (χ1v) is 11.4. The van der Waals surface area contributed by atoms with Crippen LogP contribution in [-0.2, 0) is 0 Å². The molecule has 0 atom stereocenters. The molecule has 0 aromatic carbocycles. The fourth-order valence-electron chi connectivity index (χ4n) is 1.95. The Balaban J connectivity index is 3.13. The van der Waals surface area contributed by atoms with E-state index >= 15 is 0 Å². The number of allylic oxidation sites excluding steroid dienone is 2. The first-order valence-electron chi connectivity index (χ1n) is 7.71. The lowest BCUT2D eigenvalue weighted by atomic mass is 10.1. The molecule has 0 heterocycles. The molecule has 1 heteroatoms. The van der Waals surface area contributed by atoms with Crippen LogP contribution in [0.1, 0.15) is 64.7 Å². The highest BCUT2D eigenvalue weighted by atomic mass is 28.3. The van der Waals surface area contributed by atoms with E-state index < -0.39 is 8.07 Å². The summed E-state index contributed by atoms with van der Waals surface area (Å²) in [5.41, 5.74) is 0. The van der Waals surface area contributed by atoms with Crippen molar-refractivity contribution in [2.24, 2.45) is 0 Å². The number of rotatable bonds is 11. The zero-order valence-corrected chi connectivity index (χ0v) is 13.7. The summed E-state index contributed by atoms with van der Waals surface area (Å²) in [4.78, 5) is 0. The maximum absolute atomic E-state index is 2.44. The lowest BCUT2D eigenvalue weighted by Crippen LogP contribution is -2.17. The molecule has 0 saturated carbocycles. The minimum Gasteiger partial charge on any atom is -0.0912 e. The molecule has 102 valence electrons. The van der Waals surface area contributed by atoms with Crippen molar-refractivity contribution in [3.63, 3.8) is 0 Å². The smallest absolute Gasteiger partial charge is 0.0480 e. The predicted molar refractivity (Wildman–Crippen MR) is 84.5 cm³/mol. The van der Waals surface area contributed by atoms with E-state index in [1.807, 2.05) is 0 Å². The predicted octanol–water partition coefficient (Wildman–Crippen LogP) is 6.41. The van der Waals surface area contributed by atoms with Gasteiger partial charge in [0.05, 0.1) is 0 Å². The summed E-state index contributed by atoms with van der Waals surface area (Å²) in [6.45, 7) is 9.60. The van der Waals surface area contributed by atoms with E-state index in [2.05, 4.69) is 38.7 Å². The third-order valence-corrected chi connectivity index (χ3v) is 4.58. The highest BCUT2D eigenvalue weighted by Gasteiger charge is 2.08. The van der Waals surface area contributed by atoms with E-state index in [9.17, 15) is 0 Å². The average molecular weight is 255 g/mol. The van der Waals surface area contributed by atoms with Crippen LogP contribution in [0.15, 0.2) is 12.2 Å². The second kappa shape index (κ2) is 11.1. The van der Waals surface area contributed by atoms with Crippen molar-refractivity contribution in [1.82, 2.24) is 0 Å². The molecule has 0 rings (SSSR count).